The van der Waals surface area contributed by atoms with Gasteiger partial charge in [0.1, 0.15) is 5.69 Å². The van der Waals surface area contributed by atoms with E-state index in [0.29, 0.717) is 11.4 Å². The molecule has 60 valence electrons. The number of rotatable bonds is 1. The lowest BCUT2D eigenvalue weighted by Crippen LogP contribution is -2.12. The fourth-order valence-electron chi connectivity index (χ4n) is 0.770. The van der Waals surface area contributed by atoms with Crippen molar-refractivity contribution in [3.63, 3.8) is 0 Å². The first kappa shape index (κ1) is 8.44. The smallest absolute Gasteiger partial charge is 0.190 e. The van der Waals surface area contributed by atoms with Crippen LogP contribution in [-0.4, -0.2) is 14.9 Å². The summed E-state index contributed by atoms with van der Waals surface area (Å²) in [6.45, 7) is 3.42. The Bertz CT molecular complexity index is 307. The number of halogens is 1. The van der Waals surface area contributed by atoms with Crippen LogP contribution in [0.5, 0.6) is 0 Å². The van der Waals surface area contributed by atoms with Gasteiger partial charge >= 0.3 is 0 Å². The van der Waals surface area contributed by atoms with Crippen molar-refractivity contribution >= 4 is 22.6 Å². The molecule has 0 N–H and O–H groups in total. The molecule has 0 aliphatic heterocycles. The Morgan fingerprint density at radius 2 is 2.18 bits per heavy atom. The predicted molar refractivity (Wildman–Crippen MR) is 46.8 cm³/mol. The Kier molecular flexibility index (Phi) is 2.12. The maximum atomic E-state index is 10.3. The summed E-state index contributed by atoms with van der Waals surface area (Å²) in [5.41, 5.74) is 1.27. The molecule has 0 radical (unpaired) electrons. The third-order valence-corrected chi connectivity index (χ3v) is 2.90. The maximum absolute atomic E-state index is 10.3. The van der Waals surface area contributed by atoms with Gasteiger partial charge in [0.2, 0.25) is 0 Å². The number of aromatic nitrogens is 2. The van der Waals surface area contributed by atoms with E-state index in [1.165, 1.54) is 0 Å². The molecular formula is C5H6IN3O2. The van der Waals surface area contributed by atoms with Gasteiger partial charge in [0.05, 0.1) is 8.60 Å². The fourth-order valence-corrected chi connectivity index (χ4v) is 1.09. The van der Waals surface area contributed by atoms with Crippen molar-refractivity contribution in [3.05, 3.63) is 25.1 Å². The van der Waals surface area contributed by atoms with Crippen molar-refractivity contribution in [2.45, 2.75) is 13.8 Å². The summed E-state index contributed by atoms with van der Waals surface area (Å²) in [5.74, 6) is 0. The normalized spacial score (nSPS) is 10.1. The molecule has 0 atom stereocenters. The van der Waals surface area contributed by atoms with Crippen LogP contribution in [0, 0.1) is 27.5 Å². The zero-order valence-corrected chi connectivity index (χ0v) is 8.19. The van der Waals surface area contributed by atoms with E-state index < -0.39 is 5.03 Å². The van der Waals surface area contributed by atoms with Crippen LogP contribution in [0.4, 0.5) is 0 Å². The van der Waals surface area contributed by atoms with Crippen LogP contribution in [0.1, 0.15) is 11.4 Å². The van der Waals surface area contributed by atoms with Gasteiger partial charge < -0.3 is 10.1 Å². The van der Waals surface area contributed by atoms with Crippen LogP contribution < -0.4 is 0 Å². The van der Waals surface area contributed by atoms with Gasteiger partial charge in [-0.1, -0.05) is 0 Å². The average molecular weight is 267 g/mol. The van der Waals surface area contributed by atoms with E-state index >= 15 is 0 Å². The van der Waals surface area contributed by atoms with Crippen molar-refractivity contribution in [3.8, 4) is 0 Å². The molecule has 0 spiro atoms. The minimum absolute atomic E-state index is 0.537. The van der Waals surface area contributed by atoms with Crippen molar-refractivity contribution in [1.82, 2.24) is 9.89 Å². The third-order valence-electron chi connectivity index (χ3n) is 1.33. The van der Waals surface area contributed by atoms with Crippen molar-refractivity contribution in [2.75, 3.05) is 0 Å². The Hall–Kier alpha value is -0.660. The van der Waals surface area contributed by atoms with Crippen LogP contribution in [-0.2, 0) is 0 Å². The maximum Gasteiger partial charge on any atom is 0.190 e. The topological polar surface area (TPSA) is 61.0 Å². The van der Waals surface area contributed by atoms with Crippen LogP contribution in [0.25, 0.3) is 0 Å². The molecule has 6 heteroatoms. The molecule has 1 heterocycles. The quantitative estimate of drug-likeness (QED) is 0.435. The van der Waals surface area contributed by atoms with Gasteiger partial charge in [-0.15, -0.1) is 0 Å². The third kappa shape index (κ3) is 1.35. The van der Waals surface area contributed by atoms with E-state index in [1.54, 1.807) is 13.8 Å². The Balaban J connectivity index is 3.29. The summed E-state index contributed by atoms with van der Waals surface area (Å²) < 4.78 is 0.847. The summed E-state index contributed by atoms with van der Waals surface area (Å²) in [6, 6.07) is 0. The van der Waals surface area contributed by atoms with Crippen LogP contribution in [0.3, 0.4) is 0 Å². The van der Waals surface area contributed by atoms with Crippen LogP contribution in [0.2, 0.25) is 0 Å². The number of aryl methyl sites for hydroxylation is 1. The van der Waals surface area contributed by atoms with Crippen molar-refractivity contribution in [2.24, 2.45) is 0 Å². The van der Waals surface area contributed by atoms with Gasteiger partial charge in [0, 0.05) is 16.8 Å². The van der Waals surface area contributed by atoms with E-state index in [2.05, 4.69) is 5.10 Å². The predicted octanol–water partition coefficient (Wildman–Crippen LogP) is 1.14. The van der Waals surface area contributed by atoms with E-state index in [4.69, 9.17) is 0 Å². The highest BCUT2D eigenvalue weighted by Crippen LogP contribution is 2.14. The SMILES string of the molecule is Cc1nn([N+](=O)[O-])c(C)c1I. The summed E-state index contributed by atoms with van der Waals surface area (Å²) >= 11 is 2.04. The number of hydrogen-bond donors (Lipinski definition) is 0. The second-order valence-electron chi connectivity index (χ2n) is 2.11. The summed E-state index contributed by atoms with van der Waals surface area (Å²) in [7, 11) is 0. The zero-order chi connectivity index (χ0) is 8.59. The lowest BCUT2D eigenvalue weighted by Gasteiger charge is -1.91. The molecule has 1 rings (SSSR count). The largest absolute Gasteiger partial charge is 0.339 e. The molecule has 0 amide bonds. The van der Waals surface area contributed by atoms with Gasteiger partial charge in [-0.25, -0.2) is 0 Å². The zero-order valence-electron chi connectivity index (χ0n) is 6.04. The van der Waals surface area contributed by atoms with E-state index in [9.17, 15) is 10.1 Å². The number of hydrogen-bond acceptors (Lipinski definition) is 3. The summed E-state index contributed by atoms with van der Waals surface area (Å²) in [5, 5.41) is 13.5. The first-order chi connectivity index (χ1) is 5.04. The van der Waals surface area contributed by atoms with Gasteiger partial charge in [-0.3, -0.25) is 0 Å². The monoisotopic (exact) mass is 267 g/mol. The molecule has 0 saturated heterocycles. The molecule has 0 bridgehead atoms. The molecule has 0 aliphatic rings. The van der Waals surface area contributed by atoms with Crippen LogP contribution >= 0.6 is 22.6 Å². The van der Waals surface area contributed by atoms with E-state index in [-0.39, 0.29) is 0 Å². The van der Waals surface area contributed by atoms with Gasteiger partial charge in [0.15, 0.2) is 5.69 Å². The highest BCUT2D eigenvalue weighted by Gasteiger charge is 2.17. The number of nitro groups is 1. The average Bonchev–Trinajstić information content (AvgIpc) is 2.17. The Morgan fingerprint density at radius 1 is 1.64 bits per heavy atom. The van der Waals surface area contributed by atoms with Gasteiger partial charge in [-0.05, 0) is 29.5 Å². The lowest BCUT2D eigenvalue weighted by atomic mass is 10.4. The fraction of sp³-hybridized carbons (Fsp3) is 0.400. The molecule has 5 nitrogen and oxygen atoms in total. The second-order valence-corrected chi connectivity index (χ2v) is 3.19. The second kappa shape index (κ2) is 2.76. The molecule has 0 unspecified atom stereocenters. The van der Waals surface area contributed by atoms with Gasteiger partial charge in [-0.2, -0.15) is 0 Å². The van der Waals surface area contributed by atoms with E-state index in [1.807, 2.05) is 22.6 Å². The first-order valence-electron chi connectivity index (χ1n) is 2.90. The Morgan fingerprint density at radius 3 is 2.36 bits per heavy atom. The minimum Gasteiger partial charge on any atom is -0.339 e. The minimum atomic E-state index is -0.537. The molecule has 0 aromatic carbocycles. The Labute approximate surface area is 76.7 Å². The molecule has 1 aromatic rings. The lowest BCUT2D eigenvalue weighted by molar-refractivity contribution is -0.554. The summed E-state index contributed by atoms with van der Waals surface area (Å²) in [6.07, 6.45) is 0. The molecule has 1 aromatic heterocycles. The first-order valence-corrected chi connectivity index (χ1v) is 3.98. The summed E-state index contributed by atoms with van der Waals surface area (Å²) in [4.78, 5) is 11.1. The number of nitrogens with zero attached hydrogens (tertiary/aromatic N) is 3. The standard InChI is InChI=1S/C5H6IN3O2/c1-3-5(6)4(2)8(7-3)9(10)11/h1-2H3. The highest BCUT2D eigenvalue weighted by molar-refractivity contribution is 14.1. The highest BCUT2D eigenvalue weighted by atomic mass is 127. The molecular weight excluding hydrogens is 261 g/mol. The molecule has 0 aliphatic carbocycles. The van der Waals surface area contributed by atoms with Crippen molar-refractivity contribution < 1.29 is 5.03 Å². The van der Waals surface area contributed by atoms with E-state index in [0.717, 1.165) is 8.36 Å². The molecule has 0 saturated carbocycles. The van der Waals surface area contributed by atoms with Crippen molar-refractivity contribution in [1.29, 1.82) is 0 Å². The molecule has 0 fully saturated rings. The molecule has 11 heavy (non-hydrogen) atoms. The van der Waals surface area contributed by atoms with Gasteiger partial charge in [0.25, 0.3) is 0 Å². The van der Waals surface area contributed by atoms with Crippen LogP contribution in [0.15, 0.2) is 0 Å².